The number of aryl methyl sites for hydroxylation is 1. The molecular formula is C11H11F3N4O2S. The molecule has 0 atom stereocenters. The second-order valence-corrected chi connectivity index (χ2v) is 5.74. The highest BCUT2D eigenvalue weighted by atomic mass is 32.2. The van der Waals surface area contributed by atoms with Crippen LogP contribution in [-0.2, 0) is 16.2 Å². The van der Waals surface area contributed by atoms with Gasteiger partial charge in [-0.2, -0.15) is 18.3 Å². The van der Waals surface area contributed by atoms with E-state index >= 15 is 0 Å². The minimum atomic E-state index is -4.87. The van der Waals surface area contributed by atoms with Crippen LogP contribution in [0.15, 0.2) is 35.2 Å². The Morgan fingerprint density at radius 3 is 2.38 bits per heavy atom. The Morgan fingerprint density at radius 1 is 1.19 bits per heavy atom. The maximum Gasteiger partial charge on any atom is 0.436 e. The first kappa shape index (κ1) is 15.3. The van der Waals surface area contributed by atoms with Gasteiger partial charge in [0.1, 0.15) is 4.90 Å². The number of sulfonamides is 1. The Bertz CT molecular complexity index is 726. The molecule has 2 rings (SSSR count). The van der Waals surface area contributed by atoms with E-state index in [9.17, 15) is 21.6 Å². The second kappa shape index (κ2) is 5.37. The molecule has 0 amide bonds. The fourth-order valence-corrected chi connectivity index (χ4v) is 2.86. The third kappa shape index (κ3) is 3.34. The first-order valence-corrected chi connectivity index (χ1v) is 7.15. The van der Waals surface area contributed by atoms with E-state index in [1.165, 1.54) is 6.92 Å². The van der Waals surface area contributed by atoms with Crippen molar-refractivity contribution < 1.29 is 21.6 Å². The first-order chi connectivity index (χ1) is 9.72. The van der Waals surface area contributed by atoms with E-state index in [4.69, 9.17) is 0 Å². The molecule has 0 saturated heterocycles. The molecule has 0 radical (unpaired) electrons. The monoisotopic (exact) mass is 320 g/mol. The van der Waals surface area contributed by atoms with Crippen LogP contribution in [0.25, 0.3) is 0 Å². The lowest BCUT2D eigenvalue weighted by Crippen LogP contribution is -2.31. The minimum absolute atomic E-state index is 0.204. The molecule has 10 heteroatoms. The van der Waals surface area contributed by atoms with Gasteiger partial charge in [-0.1, -0.05) is 18.2 Å². The molecule has 0 fully saturated rings. The zero-order valence-electron chi connectivity index (χ0n) is 10.7. The van der Waals surface area contributed by atoms with Crippen molar-refractivity contribution in [3.8, 4) is 0 Å². The van der Waals surface area contributed by atoms with E-state index in [2.05, 4.69) is 10.5 Å². The van der Waals surface area contributed by atoms with Crippen LogP contribution in [0.2, 0.25) is 0 Å². The summed E-state index contributed by atoms with van der Waals surface area (Å²) >= 11 is 0. The van der Waals surface area contributed by atoms with Gasteiger partial charge >= 0.3 is 6.18 Å². The van der Waals surface area contributed by atoms with E-state index in [-0.39, 0.29) is 5.69 Å². The zero-order chi connectivity index (χ0) is 15.7. The molecule has 6 nitrogen and oxygen atoms in total. The van der Waals surface area contributed by atoms with Crippen molar-refractivity contribution in [2.24, 2.45) is 0 Å². The number of nitrogens with one attached hydrogen (secondary N) is 3. The SMILES string of the molecule is Cc1[nH]nc(C(F)(F)F)c1S(=O)(=O)NNc1ccccc1. The third-order valence-corrected chi connectivity index (χ3v) is 3.94. The van der Waals surface area contributed by atoms with E-state index in [1.54, 1.807) is 30.3 Å². The van der Waals surface area contributed by atoms with Crippen LogP contribution >= 0.6 is 0 Å². The number of hydrogen-bond donors (Lipinski definition) is 3. The number of nitrogens with zero attached hydrogens (tertiary/aromatic N) is 1. The lowest BCUT2D eigenvalue weighted by molar-refractivity contribution is -0.143. The molecule has 0 spiro atoms. The molecule has 0 saturated carbocycles. The van der Waals surface area contributed by atoms with Crippen molar-refractivity contribution in [1.82, 2.24) is 15.0 Å². The number of aromatic nitrogens is 2. The van der Waals surface area contributed by atoms with Gasteiger partial charge in [0.15, 0.2) is 5.69 Å². The summed E-state index contributed by atoms with van der Waals surface area (Å²) in [7, 11) is -4.43. The number of aromatic amines is 1. The summed E-state index contributed by atoms with van der Waals surface area (Å²) in [5.41, 5.74) is 1.03. The van der Waals surface area contributed by atoms with Crippen LogP contribution in [0.3, 0.4) is 0 Å². The van der Waals surface area contributed by atoms with Crippen molar-refractivity contribution in [2.45, 2.75) is 18.0 Å². The fraction of sp³-hybridized carbons (Fsp3) is 0.182. The number of hydrogen-bond acceptors (Lipinski definition) is 4. The molecule has 0 bridgehead atoms. The molecule has 0 unspecified atom stereocenters. The van der Waals surface area contributed by atoms with Crippen molar-refractivity contribution in [3.63, 3.8) is 0 Å². The largest absolute Gasteiger partial charge is 0.436 e. The number of halogens is 3. The van der Waals surface area contributed by atoms with Gasteiger partial charge in [-0.25, -0.2) is 8.42 Å². The summed E-state index contributed by atoms with van der Waals surface area (Å²) in [6.45, 7) is 1.19. The zero-order valence-corrected chi connectivity index (χ0v) is 11.5. The Labute approximate surface area is 118 Å². The van der Waals surface area contributed by atoms with E-state index in [1.807, 2.05) is 9.93 Å². The lowest BCUT2D eigenvalue weighted by Gasteiger charge is -2.11. The van der Waals surface area contributed by atoms with Crippen LogP contribution in [0.1, 0.15) is 11.4 Å². The normalized spacial score (nSPS) is 12.4. The Morgan fingerprint density at radius 2 is 1.81 bits per heavy atom. The Hall–Kier alpha value is -2.07. The number of benzene rings is 1. The summed E-state index contributed by atoms with van der Waals surface area (Å²) in [5, 5.41) is 5.04. The number of alkyl halides is 3. The average molecular weight is 320 g/mol. The van der Waals surface area contributed by atoms with Crippen LogP contribution in [0.5, 0.6) is 0 Å². The first-order valence-electron chi connectivity index (χ1n) is 5.67. The molecule has 1 aromatic carbocycles. The number of hydrazine groups is 1. The maximum absolute atomic E-state index is 12.8. The molecule has 2 aromatic rings. The van der Waals surface area contributed by atoms with Crippen molar-refractivity contribution in [1.29, 1.82) is 0 Å². The predicted octanol–water partition coefficient (Wildman–Crippen LogP) is 2.04. The fourth-order valence-electron chi connectivity index (χ4n) is 1.64. The average Bonchev–Trinajstić information content (AvgIpc) is 2.80. The summed E-state index contributed by atoms with van der Waals surface area (Å²) in [6, 6.07) is 8.09. The molecular weight excluding hydrogens is 309 g/mol. The smallest absolute Gasteiger partial charge is 0.308 e. The molecule has 1 heterocycles. The highest BCUT2D eigenvalue weighted by Gasteiger charge is 2.41. The number of H-pyrrole nitrogens is 1. The quantitative estimate of drug-likeness (QED) is 0.753. The van der Waals surface area contributed by atoms with Gasteiger partial charge in [0.2, 0.25) is 0 Å². The van der Waals surface area contributed by atoms with Gasteiger partial charge in [0.25, 0.3) is 10.0 Å². The van der Waals surface area contributed by atoms with Gasteiger partial charge in [0.05, 0.1) is 5.69 Å². The molecule has 3 N–H and O–H groups in total. The number of rotatable bonds is 4. The molecule has 114 valence electrons. The molecule has 0 aliphatic heterocycles. The van der Waals surface area contributed by atoms with E-state index in [0.717, 1.165) is 0 Å². The Kier molecular flexibility index (Phi) is 3.92. The van der Waals surface area contributed by atoms with Crippen LogP contribution in [-0.4, -0.2) is 18.6 Å². The third-order valence-electron chi connectivity index (χ3n) is 2.53. The number of para-hydroxylation sites is 1. The minimum Gasteiger partial charge on any atom is -0.308 e. The van der Waals surface area contributed by atoms with Crippen LogP contribution < -0.4 is 10.3 Å². The summed E-state index contributed by atoms with van der Waals surface area (Å²) < 4.78 is 62.3. The van der Waals surface area contributed by atoms with Gasteiger partial charge in [-0.05, 0) is 19.1 Å². The predicted molar refractivity (Wildman–Crippen MR) is 68.7 cm³/mol. The highest BCUT2D eigenvalue weighted by Crippen LogP contribution is 2.33. The number of anilines is 1. The molecule has 21 heavy (non-hydrogen) atoms. The van der Waals surface area contributed by atoms with Gasteiger partial charge in [-0.3, -0.25) is 5.10 Å². The lowest BCUT2D eigenvalue weighted by atomic mass is 10.3. The highest BCUT2D eigenvalue weighted by molar-refractivity contribution is 7.89. The summed E-state index contributed by atoms with van der Waals surface area (Å²) in [4.78, 5) is 0.961. The van der Waals surface area contributed by atoms with Crippen molar-refractivity contribution in [3.05, 3.63) is 41.7 Å². The summed E-state index contributed by atoms with van der Waals surface area (Å²) in [6.07, 6.45) is -4.87. The summed E-state index contributed by atoms with van der Waals surface area (Å²) in [5.74, 6) is 0. The molecule has 0 aliphatic carbocycles. The standard InChI is InChI=1S/C11H11F3N4O2S/c1-7-9(10(17-15-7)11(12,13)14)21(19,20)18-16-8-5-3-2-4-6-8/h2-6,16,18H,1H3,(H,15,17). The molecule has 0 aliphatic rings. The van der Waals surface area contributed by atoms with Crippen molar-refractivity contribution >= 4 is 15.7 Å². The molecule has 1 aromatic heterocycles. The topological polar surface area (TPSA) is 86.9 Å². The van der Waals surface area contributed by atoms with Crippen LogP contribution in [0, 0.1) is 6.92 Å². The van der Waals surface area contributed by atoms with Crippen LogP contribution in [0.4, 0.5) is 18.9 Å². The second-order valence-electron chi connectivity index (χ2n) is 4.12. The van der Waals surface area contributed by atoms with E-state index < -0.39 is 26.8 Å². The van der Waals surface area contributed by atoms with Crippen molar-refractivity contribution in [2.75, 3.05) is 5.43 Å². The van der Waals surface area contributed by atoms with Gasteiger partial charge < -0.3 is 5.43 Å². The maximum atomic E-state index is 12.8. The van der Waals surface area contributed by atoms with Gasteiger partial charge in [0, 0.05) is 5.69 Å². The van der Waals surface area contributed by atoms with Gasteiger partial charge in [-0.15, -0.1) is 4.83 Å². The Balaban J connectivity index is 2.30. The van der Waals surface area contributed by atoms with E-state index in [0.29, 0.717) is 5.69 Å².